The lowest BCUT2D eigenvalue weighted by Gasteiger charge is -2.09. The molecule has 0 aromatic heterocycles. The highest BCUT2D eigenvalue weighted by Gasteiger charge is 2.12. The second-order valence-electron chi connectivity index (χ2n) is 3.22. The quantitative estimate of drug-likeness (QED) is 0.601. The van der Waals surface area contributed by atoms with Gasteiger partial charge in [-0.1, -0.05) is 19.1 Å². The number of hydrogen-bond donors (Lipinski definition) is 2. The van der Waals surface area contributed by atoms with E-state index in [-0.39, 0.29) is 22.5 Å². The van der Waals surface area contributed by atoms with Gasteiger partial charge >= 0.3 is 0 Å². The molecule has 0 amide bonds. The standard InChI is InChI=1S/C7H16N2O3S3/c1-6(14(2)10)3-4-9-15(11,12)5-7(8)13/h6,9H,3-5H2,1-2H3,(H2,8,13). The van der Waals surface area contributed by atoms with Gasteiger partial charge in [0.2, 0.25) is 10.0 Å². The summed E-state index contributed by atoms with van der Waals surface area (Å²) in [7, 11) is -4.35. The first-order valence-corrected chi connectivity index (χ1v) is 8.00. The van der Waals surface area contributed by atoms with Crippen LogP contribution < -0.4 is 10.5 Å². The normalized spacial score (nSPS) is 15.9. The van der Waals surface area contributed by atoms with Gasteiger partial charge in [-0.15, -0.1) is 0 Å². The van der Waals surface area contributed by atoms with Crippen molar-refractivity contribution in [3.8, 4) is 0 Å². The van der Waals surface area contributed by atoms with E-state index in [2.05, 4.69) is 16.9 Å². The Morgan fingerprint density at radius 1 is 1.60 bits per heavy atom. The summed E-state index contributed by atoms with van der Waals surface area (Å²) in [5.74, 6) is -0.341. The van der Waals surface area contributed by atoms with Crippen molar-refractivity contribution < 1.29 is 12.6 Å². The zero-order chi connectivity index (χ0) is 12.1. The van der Waals surface area contributed by atoms with Crippen LogP contribution in [-0.2, 0) is 20.8 Å². The zero-order valence-electron chi connectivity index (χ0n) is 8.73. The molecule has 0 aliphatic carbocycles. The molecule has 5 nitrogen and oxygen atoms in total. The maximum Gasteiger partial charge on any atom is 0.218 e. The number of thiocarbonyl (C=S) groups is 1. The highest BCUT2D eigenvalue weighted by molar-refractivity contribution is 7.92. The average molecular weight is 272 g/mol. The predicted molar refractivity (Wildman–Crippen MR) is 66.7 cm³/mol. The molecule has 8 heteroatoms. The molecule has 0 radical (unpaired) electrons. The minimum absolute atomic E-state index is 0.0301. The summed E-state index contributed by atoms with van der Waals surface area (Å²) >= 11 is 4.50. The molecule has 0 aliphatic heterocycles. The van der Waals surface area contributed by atoms with Crippen LogP contribution in [0, 0.1) is 0 Å². The van der Waals surface area contributed by atoms with Gasteiger partial charge < -0.3 is 5.73 Å². The Morgan fingerprint density at radius 3 is 2.53 bits per heavy atom. The minimum Gasteiger partial charge on any atom is -0.392 e. The lowest BCUT2D eigenvalue weighted by atomic mass is 10.3. The topological polar surface area (TPSA) is 89.3 Å². The summed E-state index contributed by atoms with van der Waals surface area (Å²) in [5, 5.41) is -0.0301. The maximum atomic E-state index is 11.2. The Labute approximate surface area is 98.3 Å². The smallest absolute Gasteiger partial charge is 0.218 e. The van der Waals surface area contributed by atoms with E-state index in [0.717, 1.165) is 0 Å². The minimum atomic E-state index is -3.42. The van der Waals surface area contributed by atoms with Crippen LogP contribution >= 0.6 is 12.2 Å². The summed E-state index contributed by atoms with van der Waals surface area (Å²) in [5.41, 5.74) is 5.12. The lowest BCUT2D eigenvalue weighted by molar-refractivity contribution is 0.582. The monoisotopic (exact) mass is 272 g/mol. The molecule has 0 rings (SSSR count). The Hall–Kier alpha value is -0.0500. The SMILES string of the molecule is CC(CCNS(=O)(=O)CC(N)=S)S(C)=O. The third kappa shape index (κ3) is 7.83. The van der Waals surface area contributed by atoms with E-state index in [4.69, 9.17) is 5.73 Å². The number of nitrogens with two attached hydrogens (primary N) is 1. The maximum absolute atomic E-state index is 11.2. The largest absolute Gasteiger partial charge is 0.392 e. The van der Waals surface area contributed by atoms with Crippen LogP contribution in [0.5, 0.6) is 0 Å². The van der Waals surface area contributed by atoms with Gasteiger partial charge in [0.25, 0.3) is 0 Å². The molecule has 0 fully saturated rings. The molecule has 0 saturated heterocycles. The number of rotatable bonds is 7. The van der Waals surface area contributed by atoms with Crippen molar-refractivity contribution in [2.24, 2.45) is 5.73 Å². The number of sulfonamides is 1. The predicted octanol–water partition coefficient (Wildman–Crippen LogP) is -0.651. The van der Waals surface area contributed by atoms with Crippen LogP contribution in [0.1, 0.15) is 13.3 Å². The fourth-order valence-corrected chi connectivity index (χ4v) is 2.64. The van der Waals surface area contributed by atoms with Crippen LogP contribution in [0.2, 0.25) is 0 Å². The molecule has 0 saturated carbocycles. The molecule has 0 bridgehead atoms. The Kier molecular flexibility index (Phi) is 6.49. The first-order valence-electron chi connectivity index (χ1n) is 4.32. The number of nitrogens with one attached hydrogen (secondary N) is 1. The van der Waals surface area contributed by atoms with E-state index in [0.29, 0.717) is 6.42 Å². The lowest BCUT2D eigenvalue weighted by Crippen LogP contribution is -2.34. The van der Waals surface area contributed by atoms with Crippen molar-refractivity contribution in [2.45, 2.75) is 18.6 Å². The molecule has 0 heterocycles. The van der Waals surface area contributed by atoms with Gasteiger partial charge in [0, 0.05) is 28.9 Å². The molecule has 15 heavy (non-hydrogen) atoms. The van der Waals surface area contributed by atoms with Gasteiger partial charge in [-0.2, -0.15) is 0 Å². The average Bonchev–Trinajstić information content (AvgIpc) is 2.00. The highest BCUT2D eigenvalue weighted by atomic mass is 32.2. The van der Waals surface area contributed by atoms with Crippen LogP contribution in [-0.4, -0.2) is 41.4 Å². The van der Waals surface area contributed by atoms with E-state index in [1.54, 1.807) is 13.2 Å². The molecular formula is C7H16N2O3S3. The highest BCUT2D eigenvalue weighted by Crippen LogP contribution is 1.98. The molecule has 3 N–H and O–H groups in total. The molecule has 2 atom stereocenters. The third-order valence-electron chi connectivity index (χ3n) is 1.77. The van der Waals surface area contributed by atoms with Gasteiger partial charge in [-0.3, -0.25) is 4.21 Å². The first-order chi connectivity index (χ1) is 6.74. The number of hydrogen-bond acceptors (Lipinski definition) is 4. The van der Waals surface area contributed by atoms with Crippen molar-refractivity contribution in [1.29, 1.82) is 0 Å². The van der Waals surface area contributed by atoms with Crippen LogP contribution in [0.25, 0.3) is 0 Å². The molecule has 0 aromatic carbocycles. The Morgan fingerprint density at radius 2 is 2.13 bits per heavy atom. The molecule has 0 spiro atoms. The zero-order valence-corrected chi connectivity index (χ0v) is 11.2. The Balaban J connectivity index is 3.96. The third-order valence-corrected chi connectivity index (χ3v) is 4.80. The van der Waals surface area contributed by atoms with E-state index >= 15 is 0 Å². The fourth-order valence-electron chi connectivity index (χ4n) is 0.822. The second kappa shape index (κ2) is 6.51. The summed E-state index contributed by atoms with van der Waals surface area (Å²) < 4.78 is 35.8. The second-order valence-corrected chi connectivity index (χ2v) is 7.35. The van der Waals surface area contributed by atoms with Crippen molar-refractivity contribution in [2.75, 3.05) is 18.6 Å². The van der Waals surface area contributed by atoms with E-state index in [1.807, 2.05) is 0 Å². The van der Waals surface area contributed by atoms with Gasteiger partial charge in [0.05, 0.1) is 4.99 Å². The van der Waals surface area contributed by atoms with Crippen LogP contribution in [0.15, 0.2) is 0 Å². The summed E-state index contributed by atoms with van der Waals surface area (Å²) in [6.07, 6.45) is 2.12. The van der Waals surface area contributed by atoms with Crippen molar-refractivity contribution >= 4 is 38.0 Å². The van der Waals surface area contributed by atoms with Crippen molar-refractivity contribution in [3.63, 3.8) is 0 Å². The summed E-state index contributed by atoms with van der Waals surface area (Å²) in [4.78, 5) is -0.0605. The molecule has 0 aromatic rings. The van der Waals surface area contributed by atoms with E-state index in [9.17, 15) is 12.6 Å². The van der Waals surface area contributed by atoms with E-state index in [1.165, 1.54) is 0 Å². The summed E-state index contributed by atoms with van der Waals surface area (Å²) in [6.45, 7) is 2.06. The van der Waals surface area contributed by atoms with Gasteiger partial charge in [0.1, 0.15) is 5.75 Å². The van der Waals surface area contributed by atoms with Gasteiger partial charge in [-0.25, -0.2) is 13.1 Å². The molecule has 90 valence electrons. The fraction of sp³-hybridized carbons (Fsp3) is 0.857. The molecule has 2 unspecified atom stereocenters. The van der Waals surface area contributed by atoms with Gasteiger partial charge in [0.15, 0.2) is 0 Å². The van der Waals surface area contributed by atoms with Crippen LogP contribution in [0.4, 0.5) is 0 Å². The summed E-state index contributed by atoms with van der Waals surface area (Å²) in [6, 6.07) is 0. The molecule has 0 aliphatic rings. The van der Waals surface area contributed by atoms with Crippen molar-refractivity contribution in [3.05, 3.63) is 0 Å². The van der Waals surface area contributed by atoms with E-state index < -0.39 is 20.8 Å². The van der Waals surface area contributed by atoms with Crippen molar-refractivity contribution in [1.82, 2.24) is 4.72 Å². The Bertz CT molecular complexity index is 339. The van der Waals surface area contributed by atoms with Gasteiger partial charge in [-0.05, 0) is 6.42 Å². The van der Waals surface area contributed by atoms with Crippen LogP contribution in [0.3, 0.4) is 0 Å². The molecular weight excluding hydrogens is 256 g/mol. The first kappa shape index (κ1) is 14.9.